The Bertz CT molecular complexity index is 374. The molecule has 21 heavy (non-hydrogen) atoms. The number of nitrogens with zero attached hydrogens (tertiary/aromatic N) is 1. The first-order valence-electron chi connectivity index (χ1n) is 8.35. The molecule has 1 amide bonds. The summed E-state index contributed by atoms with van der Waals surface area (Å²) >= 11 is 5.20. The summed E-state index contributed by atoms with van der Waals surface area (Å²) in [5, 5.41) is 3.08. The third-order valence-electron chi connectivity index (χ3n) is 5.31. The van der Waals surface area contributed by atoms with Crippen LogP contribution in [0.4, 0.5) is 0 Å². The predicted molar refractivity (Wildman–Crippen MR) is 90.2 cm³/mol. The van der Waals surface area contributed by atoms with E-state index in [0.29, 0.717) is 17.6 Å². The number of hydrogen-bond acceptors (Lipinski definition) is 3. The lowest BCUT2D eigenvalue weighted by Gasteiger charge is -2.35. The van der Waals surface area contributed by atoms with Gasteiger partial charge >= 0.3 is 0 Å². The van der Waals surface area contributed by atoms with Gasteiger partial charge in [-0.3, -0.25) is 4.79 Å². The Hall–Kier alpha value is -0.680. The average Bonchev–Trinajstić information content (AvgIpc) is 3.01. The molecule has 2 aliphatic carbocycles. The van der Waals surface area contributed by atoms with Crippen LogP contribution in [-0.4, -0.2) is 42.0 Å². The van der Waals surface area contributed by atoms with E-state index in [2.05, 4.69) is 17.3 Å². The molecular weight excluding hydrogens is 282 g/mol. The fourth-order valence-electron chi connectivity index (χ4n) is 3.78. The molecule has 120 valence electrons. The summed E-state index contributed by atoms with van der Waals surface area (Å²) in [6.45, 7) is 1.60. The van der Waals surface area contributed by atoms with Gasteiger partial charge < -0.3 is 16.0 Å². The van der Waals surface area contributed by atoms with E-state index in [4.69, 9.17) is 18.0 Å². The van der Waals surface area contributed by atoms with Gasteiger partial charge in [0.2, 0.25) is 5.91 Å². The Labute approximate surface area is 133 Å². The number of carbonyl (C=O) groups is 1. The number of hydrogen-bond donors (Lipinski definition) is 2. The van der Waals surface area contributed by atoms with Crippen LogP contribution in [0.1, 0.15) is 57.8 Å². The monoisotopic (exact) mass is 311 g/mol. The summed E-state index contributed by atoms with van der Waals surface area (Å²) in [4.78, 5) is 15.3. The normalized spacial score (nSPS) is 22.4. The first-order valence-corrected chi connectivity index (χ1v) is 8.75. The Balaban J connectivity index is 1.80. The van der Waals surface area contributed by atoms with Gasteiger partial charge in [0.1, 0.15) is 0 Å². The molecule has 2 saturated carbocycles. The highest BCUT2D eigenvalue weighted by Gasteiger charge is 2.42. The Morgan fingerprint density at radius 1 is 1.24 bits per heavy atom. The fourth-order valence-corrected chi connectivity index (χ4v) is 4.08. The molecule has 2 fully saturated rings. The van der Waals surface area contributed by atoms with Crippen LogP contribution in [0.3, 0.4) is 0 Å². The molecule has 2 rings (SSSR count). The lowest BCUT2D eigenvalue weighted by atomic mass is 9.73. The second kappa shape index (κ2) is 7.54. The van der Waals surface area contributed by atoms with Crippen molar-refractivity contribution in [1.29, 1.82) is 0 Å². The van der Waals surface area contributed by atoms with Crippen LogP contribution in [0.5, 0.6) is 0 Å². The zero-order valence-electron chi connectivity index (χ0n) is 13.2. The van der Waals surface area contributed by atoms with Crippen LogP contribution < -0.4 is 11.1 Å². The molecule has 0 bridgehead atoms. The van der Waals surface area contributed by atoms with E-state index >= 15 is 0 Å². The molecule has 5 heteroatoms. The molecule has 0 aromatic carbocycles. The van der Waals surface area contributed by atoms with Crippen LogP contribution in [0.15, 0.2) is 0 Å². The van der Waals surface area contributed by atoms with Crippen molar-refractivity contribution in [1.82, 2.24) is 10.2 Å². The SMILES string of the molecule is CN(CCNC(=O)C1(C(N)=S)CCCCC1)C1CCCC1. The van der Waals surface area contributed by atoms with E-state index in [1.165, 1.54) is 32.1 Å². The maximum absolute atomic E-state index is 12.6. The summed E-state index contributed by atoms with van der Waals surface area (Å²) < 4.78 is 0. The van der Waals surface area contributed by atoms with E-state index in [-0.39, 0.29) is 5.91 Å². The lowest BCUT2D eigenvalue weighted by Crippen LogP contribution is -2.51. The van der Waals surface area contributed by atoms with E-state index in [1.807, 2.05) is 0 Å². The minimum atomic E-state index is -0.584. The third kappa shape index (κ3) is 3.95. The van der Waals surface area contributed by atoms with Gasteiger partial charge in [0.05, 0.1) is 10.4 Å². The molecule has 0 aliphatic heterocycles. The van der Waals surface area contributed by atoms with Crippen molar-refractivity contribution < 1.29 is 4.79 Å². The van der Waals surface area contributed by atoms with Gasteiger partial charge in [0, 0.05) is 19.1 Å². The van der Waals surface area contributed by atoms with Gasteiger partial charge in [-0.1, -0.05) is 44.3 Å². The standard InChI is InChI=1S/C16H29N3OS/c1-19(13-7-3-4-8-13)12-11-18-15(20)16(14(17)21)9-5-2-6-10-16/h13H,2-12H2,1H3,(H2,17,21)(H,18,20). The number of rotatable bonds is 6. The number of nitrogens with one attached hydrogen (secondary N) is 1. The van der Waals surface area contributed by atoms with Crippen LogP contribution >= 0.6 is 12.2 Å². The predicted octanol–water partition coefficient (Wildman–Crippen LogP) is 2.21. The number of nitrogens with two attached hydrogens (primary N) is 1. The molecule has 0 heterocycles. The highest BCUT2D eigenvalue weighted by atomic mass is 32.1. The van der Waals surface area contributed by atoms with Crippen LogP contribution in [0.25, 0.3) is 0 Å². The largest absolute Gasteiger partial charge is 0.392 e. The van der Waals surface area contributed by atoms with Crippen molar-refractivity contribution in [3.63, 3.8) is 0 Å². The second-order valence-electron chi connectivity index (χ2n) is 6.68. The molecule has 0 saturated heterocycles. The van der Waals surface area contributed by atoms with Crippen molar-refractivity contribution in [2.24, 2.45) is 11.1 Å². The first kappa shape index (κ1) is 16.7. The minimum Gasteiger partial charge on any atom is -0.392 e. The minimum absolute atomic E-state index is 0.0505. The van der Waals surface area contributed by atoms with E-state index < -0.39 is 5.41 Å². The summed E-state index contributed by atoms with van der Waals surface area (Å²) in [6, 6.07) is 0.695. The third-order valence-corrected chi connectivity index (χ3v) is 5.70. The van der Waals surface area contributed by atoms with Crippen LogP contribution in [0.2, 0.25) is 0 Å². The number of carbonyl (C=O) groups excluding carboxylic acids is 1. The fraction of sp³-hybridized carbons (Fsp3) is 0.875. The van der Waals surface area contributed by atoms with Crippen molar-refractivity contribution in [3.8, 4) is 0 Å². The van der Waals surface area contributed by atoms with Gasteiger partial charge in [-0.05, 0) is 32.7 Å². The lowest BCUT2D eigenvalue weighted by molar-refractivity contribution is -0.128. The molecule has 3 N–H and O–H groups in total. The van der Waals surface area contributed by atoms with Crippen molar-refractivity contribution in [3.05, 3.63) is 0 Å². The van der Waals surface area contributed by atoms with Crippen molar-refractivity contribution >= 4 is 23.1 Å². The highest BCUT2D eigenvalue weighted by molar-refractivity contribution is 7.80. The molecular formula is C16H29N3OS. The van der Waals surface area contributed by atoms with E-state index in [0.717, 1.165) is 32.2 Å². The topological polar surface area (TPSA) is 58.4 Å². The number of likely N-dealkylation sites (N-methyl/N-ethyl adjacent to an activating group) is 1. The molecule has 0 spiro atoms. The van der Waals surface area contributed by atoms with E-state index in [1.54, 1.807) is 0 Å². The quantitative estimate of drug-likeness (QED) is 0.739. The Morgan fingerprint density at radius 2 is 1.86 bits per heavy atom. The second-order valence-corrected chi connectivity index (χ2v) is 7.12. The van der Waals surface area contributed by atoms with Crippen molar-refractivity contribution in [2.45, 2.75) is 63.8 Å². The summed E-state index contributed by atoms with van der Waals surface area (Å²) in [7, 11) is 2.16. The van der Waals surface area contributed by atoms with Crippen molar-refractivity contribution in [2.75, 3.05) is 20.1 Å². The number of thiocarbonyl (C=S) groups is 1. The molecule has 0 atom stereocenters. The van der Waals surface area contributed by atoms with Gasteiger partial charge in [-0.25, -0.2) is 0 Å². The molecule has 2 aliphatic rings. The summed E-state index contributed by atoms with van der Waals surface area (Å²) in [6.07, 6.45) is 10.2. The van der Waals surface area contributed by atoms with Gasteiger partial charge in [0.25, 0.3) is 0 Å². The summed E-state index contributed by atoms with van der Waals surface area (Å²) in [5.74, 6) is 0.0505. The molecule has 0 radical (unpaired) electrons. The first-order chi connectivity index (χ1) is 10.1. The van der Waals surface area contributed by atoms with Gasteiger partial charge in [0.15, 0.2) is 0 Å². The zero-order valence-corrected chi connectivity index (χ0v) is 14.0. The number of amides is 1. The summed E-state index contributed by atoms with van der Waals surface area (Å²) in [5.41, 5.74) is 5.31. The molecule has 4 nitrogen and oxygen atoms in total. The highest BCUT2D eigenvalue weighted by Crippen LogP contribution is 2.36. The Morgan fingerprint density at radius 3 is 2.43 bits per heavy atom. The maximum Gasteiger partial charge on any atom is 0.233 e. The van der Waals surface area contributed by atoms with E-state index in [9.17, 15) is 4.79 Å². The van der Waals surface area contributed by atoms with Crippen LogP contribution in [-0.2, 0) is 4.79 Å². The molecule has 0 aromatic rings. The smallest absolute Gasteiger partial charge is 0.233 e. The van der Waals surface area contributed by atoms with Crippen LogP contribution in [0, 0.1) is 5.41 Å². The molecule has 0 unspecified atom stereocenters. The maximum atomic E-state index is 12.6. The average molecular weight is 311 g/mol. The van der Waals surface area contributed by atoms with Gasteiger partial charge in [-0.2, -0.15) is 0 Å². The Kier molecular flexibility index (Phi) is 5.99. The zero-order chi connectivity index (χ0) is 15.3. The molecule has 0 aromatic heterocycles. The van der Waals surface area contributed by atoms with Gasteiger partial charge in [-0.15, -0.1) is 0 Å².